The molecule has 2 aromatic carbocycles. The van der Waals surface area contributed by atoms with Crippen molar-refractivity contribution in [1.29, 1.82) is 0 Å². The fourth-order valence-electron chi connectivity index (χ4n) is 2.94. The van der Waals surface area contributed by atoms with Crippen molar-refractivity contribution in [2.45, 2.75) is 0 Å². The van der Waals surface area contributed by atoms with Crippen molar-refractivity contribution in [3.63, 3.8) is 0 Å². The van der Waals surface area contributed by atoms with Gasteiger partial charge in [0, 0.05) is 28.6 Å². The van der Waals surface area contributed by atoms with Gasteiger partial charge in [0.15, 0.2) is 0 Å². The molecule has 6 heteroatoms. The van der Waals surface area contributed by atoms with Gasteiger partial charge in [-0.1, -0.05) is 36.4 Å². The van der Waals surface area contributed by atoms with Crippen LogP contribution < -0.4 is 11.1 Å². The number of hydrogen-bond donors (Lipinski definition) is 2. The Bertz CT molecular complexity index is 1200. The monoisotopic (exact) mass is 357 g/mol. The van der Waals surface area contributed by atoms with Gasteiger partial charge in [-0.15, -0.1) is 0 Å². The van der Waals surface area contributed by atoms with Crippen LogP contribution in [0.15, 0.2) is 71.3 Å². The lowest BCUT2D eigenvalue weighted by Crippen LogP contribution is -2.15. The van der Waals surface area contributed by atoms with Gasteiger partial charge >= 0.3 is 0 Å². The number of carbonyl (C=O) groups is 2. The Kier molecular flexibility index (Phi) is 4.14. The molecule has 4 rings (SSSR count). The van der Waals surface area contributed by atoms with E-state index in [9.17, 15) is 9.59 Å². The third-order valence-corrected chi connectivity index (χ3v) is 4.15. The van der Waals surface area contributed by atoms with Gasteiger partial charge in [-0.25, -0.2) is 0 Å². The summed E-state index contributed by atoms with van der Waals surface area (Å²) in [5.74, 6) is -1.23. The number of rotatable bonds is 4. The third kappa shape index (κ3) is 3.16. The molecule has 0 radical (unpaired) electrons. The summed E-state index contributed by atoms with van der Waals surface area (Å²) in [6.45, 7) is 0. The Morgan fingerprint density at radius 3 is 2.70 bits per heavy atom. The van der Waals surface area contributed by atoms with Gasteiger partial charge in [0.2, 0.25) is 11.7 Å². The molecule has 0 aliphatic carbocycles. The van der Waals surface area contributed by atoms with Crippen molar-refractivity contribution in [1.82, 2.24) is 4.98 Å². The maximum absolute atomic E-state index is 12.4. The molecule has 0 spiro atoms. The molecule has 2 heterocycles. The summed E-state index contributed by atoms with van der Waals surface area (Å²) in [5, 5.41) is 4.29. The lowest BCUT2D eigenvalue weighted by molar-refractivity contribution is -0.111. The lowest BCUT2D eigenvalue weighted by atomic mass is 10.1. The first-order valence-corrected chi connectivity index (χ1v) is 8.27. The van der Waals surface area contributed by atoms with E-state index in [1.165, 1.54) is 6.08 Å². The highest BCUT2D eigenvalue weighted by Crippen LogP contribution is 2.30. The molecule has 0 fully saturated rings. The van der Waals surface area contributed by atoms with Gasteiger partial charge in [0.1, 0.15) is 11.3 Å². The van der Waals surface area contributed by atoms with Crippen LogP contribution >= 0.6 is 0 Å². The van der Waals surface area contributed by atoms with E-state index in [-0.39, 0.29) is 11.4 Å². The van der Waals surface area contributed by atoms with Crippen LogP contribution in [0.4, 0.5) is 5.69 Å². The summed E-state index contributed by atoms with van der Waals surface area (Å²) in [5.41, 5.74) is 7.73. The fourth-order valence-corrected chi connectivity index (χ4v) is 2.94. The van der Waals surface area contributed by atoms with Crippen molar-refractivity contribution >= 4 is 45.4 Å². The maximum Gasteiger partial charge on any atom is 0.286 e. The first kappa shape index (κ1) is 16.5. The predicted molar refractivity (Wildman–Crippen MR) is 104 cm³/mol. The number of benzene rings is 2. The minimum absolute atomic E-state index is 0.0789. The Labute approximate surface area is 154 Å². The Hall–Kier alpha value is -3.93. The molecule has 27 heavy (non-hydrogen) atoms. The van der Waals surface area contributed by atoms with Crippen LogP contribution in [0, 0.1) is 0 Å². The smallest absolute Gasteiger partial charge is 0.286 e. The molecule has 132 valence electrons. The molecule has 3 N–H and O–H groups in total. The van der Waals surface area contributed by atoms with Crippen LogP contribution in [0.25, 0.3) is 27.9 Å². The summed E-state index contributed by atoms with van der Waals surface area (Å²) >= 11 is 0. The molecule has 0 unspecified atom stereocenters. The number of nitrogens with two attached hydrogens (primary N) is 1. The number of amides is 2. The summed E-state index contributed by atoms with van der Waals surface area (Å²) < 4.78 is 5.46. The van der Waals surface area contributed by atoms with E-state index in [2.05, 4.69) is 10.3 Å². The summed E-state index contributed by atoms with van der Waals surface area (Å²) in [4.78, 5) is 28.4. The van der Waals surface area contributed by atoms with Crippen molar-refractivity contribution < 1.29 is 14.0 Å². The second-order valence-corrected chi connectivity index (χ2v) is 5.91. The van der Waals surface area contributed by atoms with Crippen molar-refractivity contribution in [3.05, 3.63) is 78.2 Å². The molecular weight excluding hydrogens is 342 g/mol. The first-order valence-electron chi connectivity index (χ1n) is 8.27. The Balaban J connectivity index is 1.65. The molecule has 4 aromatic rings. The maximum atomic E-state index is 12.4. The average Bonchev–Trinajstić information content (AvgIpc) is 3.05. The van der Waals surface area contributed by atoms with Gasteiger partial charge in [-0.2, -0.15) is 0 Å². The normalized spacial score (nSPS) is 11.3. The van der Waals surface area contributed by atoms with Crippen LogP contribution in [0.2, 0.25) is 0 Å². The van der Waals surface area contributed by atoms with E-state index < -0.39 is 11.8 Å². The number of nitrogens with one attached hydrogen (secondary N) is 1. The number of aromatic nitrogens is 1. The molecule has 0 atom stereocenters. The standard InChI is InChI=1S/C21H15N3O3/c22-21(26)20-19(15-8-1-2-9-16(15)27-20)24-17(25)11-10-14-6-3-5-13-7-4-12-23-18(13)14/h1-12H,(H2,22,26)(H,24,25). The van der Waals surface area contributed by atoms with Crippen LogP contribution in [0.3, 0.4) is 0 Å². The van der Waals surface area contributed by atoms with Crippen LogP contribution in [0.1, 0.15) is 16.1 Å². The molecule has 0 aliphatic heterocycles. The van der Waals surface area contributed by atoms with Gasteiger partial charge in [0.25, 0.3) is 5.91 Å². The summed E-state index contributed by atoms with van der Waals surface area (Å²) in [6.07, 6.45) is 4.77. The minimum atomic E-state index is -0.747. The van der Waals surface area contributed by atoms with Crippen molar-refractivity contribution in [2.24, 2.45) is 5.73 Å². The number of hydrogen-bond acceptors (Lipinski definition) is 4. The summed E-state index contributed by atoms with van der Waals surface area (Å²) in [6, 6.07) is 16.6. The van der Waals surface area contributed by atoms with E-state index in [0.29, 0.717) is 11.0 Å². The number of nitrogens with zero attached hydrogens (tertiary/aromatic N) is 1. The Morgan fingerprint density at radius 2 is 1.85 bits per heavy atom. The van der Waals surface area contributed by atoms with Crippen LogP contribution in [-0.4, -0.2) is 16.8 Å². The molecule has 0 aliphatic rings. The molecular formula is C21H15N3O3. The number of anilines is 1. The van der Waals surface area contributed by atoms with E-state index in [1.54, 1.807) is 36.5 Å². The number of furan rings is 1. The second-order valence-electron chi connectivity index (χ2n) is 5.91. The van der Waals surface area contributed by atoms with Gasteiger partial charge in [-0.05, 0) is 24.3 Å². The quantitative estimate of drug-likeness (QED) is 0.544. The van der Waals surface area contributed by atoms with Crippen LogP contribution in [-0.2, 0) is 4.79 Å². The van der Waals surface area contributed by atoms with E-state index in [4.69, 9.17) is 10.2 Å². The topological polar surface area (TPSA) is 98.2 Å². The van der Waals surface area contributed by atoms with Gasteiger partial charge < -0.3 is 15.5 Å². The Morgan fingerprint density at radius 1 is 1.04 bits per heavy atom. The largest absolute Gasteiger partial charge is 0.449 e. The zero-order chi connectivity index (χ0) is 18.8. The van der Waals surface area contributed by atoms with Gasteiger partial charge in [-0.3, -0.25) is 14.6 Å². The van der Waals surface area contributed by atoms with E-state index in [1.807, 2.05) is 30.3 Å². The molecule has 0 bridgehead atoms. The summed E-state index contributed by atoms with van der Waals surface area (Å²) in [7, 11) is 0. The number of para-hydroxylation sites is 2. The fraction of sp³-hybridized carbons (Fsp3) is 0. The predicted octanol–water partition coefficient (Wildman–Crippen LogP) is 3.73. The number of pyridine rings is 1. The lowest BCUT2D eigenvalue weighted by Gasteiger charge is -2.03. The second kappa shape index (κ2) is 6.76. The van der Waals surface area contributed by atoms with Crippen molar-refractivity contribution in [2.75, 3.05) is 5.32 Å². The number of fused-ring (bicyclic) bond motifs is 2. The highest BCUT2D eigenvalue weighted by Gasteiger charge is 2.19. The van der Waals surface area contributed by atoms with E-state index >= 15 is 0 Å². The molecule has 2 amide bonds. The SMILES string of the molecule is NC(=O)c1oc2ccccc2c1NC(=O)C=Cc1cccc2cccnc12. The average molecular weight is 357 g/mol. The van der Waals surface area contributed by atoms with E-state index in [0.717, 1.165) is 16.5 Å². The third-order valence-electron chi connectivity index (χ3n) is 4.15. The minimum Gasteiger partial charge on any atom is -0.449 e. The van der Waals surface area contributed by atoms with Crippen LogP contribution in [0.5, 0.6) is 0 Å². The zero-order valence-corrected chi connectivity index (χ0v) is 14.2. The number of primary amides is 1. The van der Waals surface area contributed by atoms with Gasteiger partial charge in [0.05, 0.1) is 5.52 Å². The highest BCUT2D eigenvalue weighted by molar-refractivity contribution is 6.13. The molecule has 2 aromatic heterocycles. The zero-order valence-electron chi connectivity index (χ0n) is 14.2. The first-order chi connectivity index (χ1) is 13.1. The molecule has 0 saturated heterocycles. The van der Waals surface area contributed by atoms with Crippen molar-refractivity contribution in [3.8, 4) is 0 Å². The molecule has 6 nitrogen and oxygen atoms in total. The highest BCUT2D eigenvalue weighted by atomic mass is 16.3. The number of carbonyl (C=O) groups excluding carboxylic acids is 2. The molecule has 0 saturated carbocycles.